The van der Waals surface area contributed by atoms with Crippen molar-refractivity contribution in [2.24, 2.45) is 22.2 Å². The first-order valence-corrected chi connectivity index (χ1v) is 22.3. The van der Waals surface area contributed by atoms with Crippen LogP contribution in [-0.2, 0) is 52.3 Å². The van der Waals surface area contributed by atoms with Gasteiger partial charge < -0.3 is 107 Å². The first kappa shape index (κ1) is 57.7. The van der Waals surface area contributed by atoms with Gasteiger partial charge in [0.2, 0.25) is 21.7 Å². The van der Waals surface area contributed by atoms with Crippen LogP contribution in [0, 0.1) is 0 Å². The number of aliphatic hydroxyl groups is 6. The van der Waals surface area contributed by atoms with Crippen LogP contribution in [0.1, 0.15) is 26.7 Å². The van der Waals surface area contributed by atoms with Crippen LogP contribution in [0.3, 0.4) is 0 Å². The molecule has 27 nitrogen and oxygen atoms in total. The second kappa shape index (κ2) is 29.4. The Balaban J connectivity index is 1.68. The summed E-state index contributed by atoms with van der Waals surface area (Å²) in [5.41, 5.74) is 16.4. The summed E-state index contributed by atoms with van der Waals surface area (Å²) < 4.78 is 39.2. The number of carbonyl (C=O) groups is 5. The molecule has 0 aromatic heterocycles. The molecule has 0 aromatic carbocycles. The third-order valence-corrected chi connectivity index (χ3v) is 12.2. The Bertz CT molecular complexity index is 1530. The molecular weight excluding hydrogens is 915 g/mol. The van der Waals surface area contributed by atoms with Crippen LogP contribution in [0.25, 0.3) is 0 Å². The minimum atomic E-state index is -2.08. The van der Waals surface area contributed by atoms with Crippen molar-refractivity contribution in [1.29, 1.82) is 0 Å². The third kappa shape index (κ3) is 19.0. The number of carboxylic acid groups (broad SMARTS) is 2. The number of nitrogens with two attached hydrogens (primary N) is 3. The number of ether oxygens (including phenoxy) is 7. The molecule has 17 N–H and O–H groups in total. The molecule has 29 heteroatoms. The minimum absolute atomic E-state index is 0.0434. The largest absolute Gasteiger partial charge is 0.478 e. The zero-order valence-electron chi connectivity index (χ0n) is 36.1. The van der Waals surface area contributed by atoms with Gasteiger partial charge in [-0.25, -0.2) is 19.4 Å². The number of hydrogen-bond donors (Lipinski definition) is 14. The predicted molar refractivity (Wildman–Crippen MR) is 228 cm³/mol. The fraction of sp³-hybridized carbons (Fsp3) is 0.833. The van der Waals surface area contributed by atoms with Gasteiger partial charge in [0.1, 0.15) is 36.6 Å². The maximum atomic E-state index is 12.6. The first-order valence-electron chi connectivity index (χ1n) is 20.4. The summed E-state index contributed by atoms with van der Waals surface area (Å²) in [5.74, 6) is -4.32. The van der Waals surface area contributed by atoms with E-state index in [-0.39, 0.29) is 90.4 Å². The van der Waals surface area contributed by atoms with E-state index in [2.05, 4.69) is 20.9 Å². The zero-order chi connectivity index (χ0) is 48.7. The molecule has 0 spiro atoms. The minimum Gasteiger partial charge on any atom is -0.478 e. The van der Waals surface area contributed by atoms with E-state index < -0.39 is 120 Å². The van der Waals surface area contributed by atoms with E-state index in [1.54, 1.807) is 0 Å². The summed E-state index contributed by atoms with van der Waals surface area (Å²) in [4.78, 5) is 60.7. The van der Waals surface area contributed by atoms with Gasteiger partial charge in [0, 0.05) is 38.2 Å². The zero-order valence-corrected chi connectivity index (χ0v) is 37.7. The number of aliphatic imine (C=N–C) groups is 1. The summed E-state index contributed by atoms with van der Waals surface area (Å²) in [6.45, 7) is 2.27. The normalized spacial score (nSPS) is 27.4. The van der Waals surface area contributed by atoms with Crippen molar-refractivity contribution in [3.63, 3.8) is 0 Å². The number of carbonyl (C=O) groups excluding carboxylic acids is 3. The Morgan fingerprint density at radius 3 is 1.35 bits per heavy atom. The highest BCUT2D eigenvalue weighted by Crippen LogP contribution is 2.42. The number of hydrogen-bond acceptors (Lipinski definition) is 21. The van der Waals surface area contributed by atoms with E-state index in [1.165, 1.54) is 6.92 Å². The molecule has 2 fully saturated rings. The Morgan fingerprint density at radius 2 is 1.00 bits per heavy atom. The van der Waals surface area contributed by atoms with E-state index in [0.717, 1.165) is 30.4 Å². The molecular formula is C36H65N7O20S2. The molecule has 2 heterocycles. The summed E-state index contributed by atoms with van der Waals surface area (Å²) in [5, 5.41) is 88.3. The van der Waals surface area contributed by atoms with Crippen LogP contribution in [0.15, 0.2) is 4.99 Å². The highest BCUT2D eigenvalue weighted by Gasteiger charge is 2.57. The van der Waals surface area contributed by atoms with Gasteiger partial charge in [-0.15, -0.1) is 23.5 Å². The van der Waals surface area contributed by atoms with Crippen molar-refractivity contribution < 1.29 is 98.0 Å². The molecule has 2 unspecified atom stereocenters. The highest BCUT2D eigenvalue weighted by molar-refractivity contribution is 8.01. The lowest BCUT2D eigenvalue weighted by Crippen LogP contribution is -2.70. The Hall–Kier alpha value is -3.40. The number of amides is 4. The lowest BCUT2D eigenvalue weighted by molar-refractivity contribution is -0.192. The van der Waals surface area contributed by atoms with Gasteiger partial charge in [-0.1, -0.05) is 0 Å². The van der Waals surface area contributed by atoms with E-state index in [0.29, 0.717) is 0 Å². The Labute approximate surface area is 382 Å². The van der Waals surface area contributed by atoms with E-state index in [4.69, 9.17) is 50.4 Å². The van der Waals surface area contributed by atoms with Gasteiger partial charge in [0.15, 0.2) is 5.96 Å². The quantitative estimate of drug-likeness (QED) is 0.0169. The number of aliphatic carboxylic acids is 2. The number of carboxylic acids is 2. The molecule has 0 aliphatic carbocycles. The average Bonchev–Trinajstić information content (AvgIpc) is 3.23. The number of nitrogens with zero attached hydrogens (tertiary/aromatic N) is 1. The Morgan fingerprint density at radius 1 is 0.631 bits per heavy atom. The van der Waals surface area contributed by atoms with Crippen LogP contribution >= 0.6 is 23.5 Å². The van der Waals surface area contributed by atoms with Crippen LogP contribution < -0.4 is 33.2 Å². The topological polar surface area (TPSA) is 438 Å². The van der Waals surface area contributed by atoms with Crippen LogP contribution in [0.5, 0.6) is 0 Å². The lowest BCUT2D eigenvalue weighted by Gasteiger charge is -2.48. The van der Waals surface area contributed by atoms with Crippen LogP contribution in [0.4, 0.5) is 4.79 Å². The van der Waals surface area contributed by atoms with Crippen molar-refractivity contribution >= 4 is 59.3 Å². The summed E-state index contributed by atoms with van der Waals surface area (Å²) in [6.07, 6.45) is -11.0. The van der Waals surface area contributed by atoms with Crippen molar-refractivity contribution in [3.8, 4) is 0 Å². The van der Waals surface area contributed by atoms with E-state index in [9.17, 15) is 64.8 Å². The SMILES string of the molecule is CC(=O)N[C@H]1[C@H]([C@H](O)[C@H](O)CO)OC(SCCOCCOCCOCCOCCOCCSC2(C(=O)O)C[C@H](NC(N)=O)[C@@H](NC(C)=O)[C@H]([C@H](O)[C@H](O)CO)O2)(C(=O)O)C[C@@H]1N=C(N)N. The van der Waals surface area contributed by atoms with Gasteiger partial charge in [-0.3, -0.25) is 9.59 Å². The fourth-order valence-corrected chi connectivity index (χ4v) is 8.99. The molecule has 0 saturated carbocycles. The molecule has 0 radical (unpaired) electrons. The van der Waals surface area contributed by atoms with Crippen LogP contribution in [0.2, 0.25) is 0 Å². The number of nitrogens with one attached hydrogen (secondary N) is 3. The maximum absolute atomic E-state index is 12.6. The highest BCUT2D eigenvalue weighted by atomic mass is 32.2. The fourth-order valence-electron chi connectivity index (χ4n) is 6.74. The molecule has 2 aliphatic rings. The standard InChI is InChI=1S/C36H65N7O20S2/c1-19(46)40-25-21(42-33(37)38)15-35(31(52)53,62-29(25)27(50)23(48)17-44)64-13-11-60-9-7-58-5-3-57-4-6-59-8-10-61-12-14-65-36(32(54)55)16-22(43-34(39)56)26(41-20(2)47)30(63-36)28(51)24(49)18-45/h21-30,44-45,48-51H,3-18H2,1-2H3,(H,40,46)(H,41,47)(H,52,53)(H,54,55)(H4,37,38,42)(H3,39,43,56)/t21-,22-,23+,24+,25+,26+,27+,28+,29+,30+,35?,36?/m0/s1. The average molecular weight is 980 g/mol. The van der Waals surface area contributed by atoms with E-state index in [1.807, 2.05) is 0 Å². The summed E-state index contributed by atoms with van der Waals surface area (Å²) in [6, 6.07) is -5.62. The molecule has 2 aliphatic heterocycles. The smallest absolute Gasteiger partial charge is 0.346 e. The van der Waals surface area contributed by atoms with Gasteiger partial charge in [-0.2, -0.15) is 0 Å². The number of thioether (sulfide) groups is 2. The maximum Gasteiger partial charge on any atom is 0.346 e. The molecule has 0 aromatic rings. The molecule has 2 rings (SSSR count). The molecule has 376 valence electrons. The number of urea groups is 1. The van der Waals surface area contributed by atoms with E-state index >= 15 is 0 Å². The molecule has 4 amide bonds. The Kier molecular flexibility index (Phi) is 26.1. The lowest BCUT2D eigenvalue weighted by atomic mass is 9.88. The number of guanidine groups is 1. The first-order chi connectivity index (χ1) is 30.7. The molecule has 12 atom stereocenters. The molecule has 2 saturated heterocycles. The number of rotatable bonds is 32. The second-order valence-corrected chi connectivity index (χ2v) is 17.3. The monoisotopic (exact) mass is 979 g/mol. The van der Waals surface area contributed by atoms with Gasteiger partial charge in [0.05, 0.1) is 103 Å². The van der Waals surface area contributed by atoms with Gasteiger partial charge >= 0.3 is 18.0 Å². The molecule has 65 heavy (non-hydrogen) atoms. The summed E-state index contributed by atoms with van der Waals surface area (Å²) >= 11 is 1.62. The number of aliphatic hydroxyl groups excluding tert-OH is 6. The summed E-state index contributed by atoms with van der Waals surface area (Å²) in [7, 11) is 0. The van der Waals surface area contributed by atoms with Crippen LogP contribution in [-0.4, -0.2) is 238 Å². The third-order valence-electron chi connectivity index (χ3n) is 9.66. The molecule has 0 bridgehead atoms. The van der Waals surface area contributed by atoms with Gasteiger partial charge in [0.25, 0.3) is 0 Å². The van der Waals surface area contributed by atoms with Crippen molar-refractivity contribution in [2.45, 2.75) is 97.3 Å². The van der Waals surface area contributed by atoms with Gasteiger partial charge in [-0.05, 0) is 0 Å². The van der Waals surface area contributed by atoms with Crippen molar-refractivity contribution in [2.75, 3.05) is 90.8 Å². The van der Waals surface area contributed by atoms with Crippen molar-refractivity contribution in [3.05, 3.63) is 0 Å². The van der Waals surface area contributed by atoms with Crippen molar-refractivity contribution in [1.82, 2.24) is 16.0 Å². The number of primary amides is 1. The second-order valence-electron chi connectivity index (χ2n) is 14.6. The predicted octanol–water partition coefficient (Wildman–Crippen LogP) is -6.21.